The maximum atomic E-state index is 12.7. The third kappa shape index (κ3) is 2.71. The summed E-state index contributed by atoms with van der Waals surface area (Å²) in [7, 11) is 1.87. The van der Waals surface area contributed by atoms with Gasteiger partial charge in [0.1, 0.15) is 5.69 Å². The quantitative estimate of drug-likeness (QED) is 0.903. The molecular weight excluding hydrogens is 264 g/mol. The molecule has 0 bridgehead atoms. The molecule has 2 saturated heterocycles. The van der Waals surface area contributed by atoms with Crippen molar-refractivity contribution in [1.82, 2.24) is 20.0 Å². The third-order valence-electron chi connectivity index (χ3n) is 5.15. The van der Waals surface area contributed by atoms with Crippen molar-refractivity contribution in [2.45, 2.75) is 39.0 Å². The van der Waals surface area contributed by atoms with E-state index in [0.717, 1.165) is 50.4 Å². The fourth-order valence-electron chi connectivity index (χ4n) is 3.54. The number of hydrogen-bond acceptors (Lipinski definition) is 3. The molecule has 0 aliphatic carbocycles. The van der Waals surface area contributed by atoms with E-state index in [1.807, 2.05) is 18.0 Å². The zero-order valence-electron chi connectivity index (χ0n) is 13.4. The molecule has 0 aromatic carbocycles. The van der Waals surface area contributed by atoms with Gasteiger partial charge in [-0.25, -0.2) is 0 Å². The van der Waals surface area contributed by atoms with Crippen LogP contribution < -0.4 is 5.32 Å². The minimum Gasteiger partial charge on any atom is -0.337 e. The maximum absolute atomic E-state index is 12.7. The molecule has 0 unspecified atom stereocenters. The molecule has 116 valence electrons. The zero-order chi connectivity index (χ0) is 15.0. The Morgan fingerprint density at radius 1 is 1.33 bits per heavy atom. The number of aryl methyl sites for hydroxylation is 1. The lowest BCUT2D eigenvalue weighted by molar-refractivity contribution is 0.0597. The Bertz CT molecular complexity index is 518. The molecule has 3 heterocycles. The number of nitrogens with zero attached hydrogens (tertiary/aromatic N) is 3. The van der Waals surface area contributed by atoms with Gasteiger partial charge in [0.15, 0.2) is 0 Å². The first-order valence-electron chi connectivity index (χ1n) is 8.05. The summed E-state index contributed by atoms with van der Waals surface area (Å²) in [6.07, 6.45) is 3.51. The normalized spacial score (nSPS) is 21.4. The van der Waals surface area contributed by atoms with Gasteiger partial charge in [-0.3, -0.25) is 9.48 Å². The van der Waals surface area contributed by atoms with E-state index in [2.05, 4.69) is 24.3 Å². The first kappa shape index (κ1) is 14.6. The molecule has 3 rings (SSSR count). The molecule has 0 atom stereocenters. The van der Waals surface area contributed by atoms with Crippen LogP contribution in [0.15, 0.2) is 6.07 Å². The third-order valence-corrected chi connectivity index (χ3v) is 5.15. The van der Waals surface area contributed by atoms with Gasteiger partial charge in [-0.2, -0.15) is 5.10 Å². The van der Waals surface area contributed by atoms with Gasteiger partial charge in [0.2, 0.25) is 0 Å². The van der Waals surface area contributed by atoms with Crippen molar-refractivity contribution >= 4 is 5.91 Å². The molecule has 1 amide bonds. The van der Waals surface area contributed by atoms with Crippen molar-refractivity contribution in [2.24, 2.45) is 12.5 Å². The molecule has 21 heavy (non-hydrogen) atoms. The van der Waals surface area contributed by atoms with Crippen LogP contribution in [0, 0.1) is 5.41 Å². The summed E-state index contributed by atoms with van der Waals surface area (Å²) in [5.41, 5.74) is 2.17. The van der Waals surface area contributed by atoms with Crippen LogP contribution in [-0.2, 0) is 7.05 Å². The highest BCUT2D eigenvalue weighted by Gasteiger charge is 2.38. The smallest absolute Gasteiger partial charge is 0.272 e. The summed E-state index contributed by atoms with van der Waals surface area (Å²) < 4.78 is 1.74. The summed E-state index contributed by atoms with van der Waals surface area (Å²) in [5, 5.41) is 7.92. The predicted molar refractivity (Wildman–Crippen MR) is 82.4 cm³/mol. The molecule has 5 nitrogen and oxygen atoms in total. The van der Waals surface area contributed by atoms with E-state index in [4.69, 9.17) is 0 Å². The SMILES string of the molecule is CC(C)c1cc(C(=O)N2CCC3(CCNC3)CC2)n(C)n1. The number of rotatable bonds is 2. The van der Waals surface area contributed by atoms with Gasteiger partial charge in [0, 0.05) is 26.7 Å². The van der Waals surface area contributed by atoms with E-state index in [1.54, 1.807) is 4.68 Å². The summed E-state index contributed by atoms with van der Waals surface area (Å²) in [4.78, 5) is 14.7. The van der Waals surface area contributed by atoms with E-state index < -0.39 is 0 Å². The Kier molecular flexibility index (Phi) is 3.78. The predicted octanol–water partition coefficient (Wildman–Crippen LogP) is 1.76. The highest BCUT2D eigenvalue weighted by molar-refractivity contribution is 5.92. The largest absolute Gasteiger partial charge is 0.337 e. The first-order chi connectivity index (χ1) is 10.0. The first-order valence-corrected chi connectivity index (χ1v) is 8.05. The molecule has 2 aliphatic rings. The number of nitrogens with one attached hydrogen (secondary N) is 1. The molecule has 5 heteroatoms. The number of carbonyl (C=O) groups is 1. The molecular formula is C16H26N4O. The lowest BCUT2D eigenvalue weighted by Gasteiger charge is -2.38. The van der Waals surface area contributed by atoms with Crippen LogP contribution in [0.5, 0.6) is 0 Å². The van der Waals surface area contributed by atoms with Gasteiger partial charge in [0.05, 0.1) is 5.69 Å². The Morgan fingerprint density at radius 2 is 2.05 bits per heavy atom. The molecule has 1 N–H and O–H groups in total. The van der Waals surface area contributed by atoms with Gasteiger partial charge < -0.3 is 10.2 Å². The second kappa shape index (κ2) is 5.44. The Balaban J connectivity index is 1.69. The van der Waals surface area contributed by atoms with E-state index in [0.29, 0.717) is 11.3 Å². The van der Waals surface area contributed by atoms with Crippen LogP contribution >= 0.6 is 0 Å². The molecule has 0 saturated carbocycles. The number of piperidine rings is 1. The zero-order valence-corrected chi connectivity index (χ0v) is 13.4. The number of hydrogen-bond donors (Lipinski definition) is 1. The van der Waals surface area contributed by atoms with E-state index in [9.17, 15) is 4.79 Å². The highest BCUT2D eigenvalue weighted by Crippen LogP contribution is 2.37. The number of amides is 1. The summed E-state index contributed by atoms with van der Waals surface area (Å²) in [6, 6.07) is 1.95. The number of likely N-dealkylation sites (tertiary alicyclic amines) is 1. The monoisotopic (exact) mass is 290 g/mol. The minimum absolute atomic E-state index is 0.137. The van der Waals surface area contributed by atoms with Crippen molar-refractivity contribution in [2.75, 3.05) is 26.2 Å². The van der Waals surface area contributed by atoms with E-state index in [1.165, 1.54) is 6.42 Å². The fraction of sp³-hybridized carbons (Fsp3) is 0.750. The summed E-state index contributed by atoms with van der Waals surface area (Å²) in [5.74, 6) is 0.490. The van der Waals surface area contributed by atoms with Crippen LogP contribution in [0.1, 0.15) is 55.2 Å². The van der Waals surface area contributed by atoms with Crippen molar-refractivity contribution < 1.29 is 4.79 Å². The Morgan fingerprint density at radius 3 is 2.57 bits per heavy atom. The average molecular weight is 290 g/mol. The van der Waals surface area contributed by atoms with Crippen LogP contribution in [0.3, 0.4) is 0 Å². The lowest BCUT2D eigenvalue weighted by atomic mass is 9.78. The van der Waals surface area contributed by atoms with Crippen molar-refractivity contribution in [3.63, 3.8) is 0 Å². The minimum atomic E-state index is 0.137. The second-order valence-corrected chi connectivity index (χ2v) is 6.95. The van der Waals surface area contributed by atoms with Gasteiger partial charge in [0.25, 0.3) is 5.91 Å². The summed E-state index contributed by atoms with van der Waals surface area (Å²) >= 11 is 0. The van der Waals surface area contributed by atoms with Crippen LogP contribution in [0.25, 0.3) is 0 Å². The van der Waals surface area contributed by atoms with E-state index in [-0.39, 0.29) is 5.91 Å². The van der Waals surface area contributed by atoms with Gasteiger partial charge in [-0.15, -0.1) is 0 Å². The topological polar surface area (TPSA) is 50.2 Å². The molecule has 0 radical (unpaired) electrons. The highest BCUT2D eigenvalue weighted by atomic mass is 16.2. The van der Waals surface area contributed by atoms with Gasteiger partial charge in [-0.1, -0.05) is 13.8 Å². The average Bonchev–Trinajstić information content (AvgIpc) is 3.06. The van der Waals surface area contributed by atoms with Crippen LogP contribution in [0.2, 0.25) is 0 Å². The van der Waals surface area contributed by atoms with Crippen LogP contribution in [-0.4, -0.2) is 46.8 Å². The fourth-order valence-corrected chi connectivity index (χ4v) is 3.54. The maximum Gasteiger partial charge on any atom is 0.272 e. The molecule has 2 fully saturated rings. The molecule has 1 aromatic rings. The second-order valence-electron chi connectivity index (χ2n) is 6.95. The van der Waals surface area contributed by atoms with Crippen molar-refractivity contribution in [3.8, 4) is 0 Å². The van der Waals surface area contributed by atoms with Gasteiger partial charge >= 0.3 is 0 Å². The molecule has 1 aromatic heterocycles. The van der Waals surface area contributed by atoms with E-state index >= 15 is 0 Å². The Hall–Kier alpha value is -1.36. The molecule has 2 aliphatic heterocycles. The van der Waals surface area contributed by atoms with Crippen molar-refractivity contribution in [3.05, 3.63) is 17.5 Å². The standard InChI is InChI=1S/C16H26N4O/c1-12(2)13-10-14(19(3)18-13)15(21)20-8-5-16(6-9-20)4-7-17-11-16/h10,12,17H,4-9,11H2,1-3H3. The van der Waals surface area contributed by atoms with Crippen LogP contribution in [0.4, 0.5) is 0 Å². The lowest BCUT2D eigenvalue weighted by Crippen LogP contribution is -2.44. The number of carbonyl (C=O) groups excluding carboxylic acids is 1. The van der Waals surface area contributed by atoms with Gasteiger partial charge in [-0.05, 0) is 43.2 Å². The summed E-state index contributed by atoms with van der Waals surface area (Å²) in [6.45, 7) is 8.22. The Labute approximate surface area is 126 Å². The molecule has 1 spiro atoms. The van der Waals surface area contributed by atoms with Crippen molar-refractivity contribution in [1.29, 1.82) is 0 Å². The number of aromatic nitrogens is 2.